The predicted octanol–water partition coefficient (Wildman–Crippen LogP) is 9.51. The number of rotatable bonds is 8. The number of benzene rings is 2. The molecule has 0 N–H and O–H groups in total. The number of aromatic nitrogens is 3. The average Bonchev–Trinajstić information content (AvgIpc) is 3.43. The number of imidazole rings is 1. The Morgan fingerprint density at radius 3 is 1.72 bits per heavy atom. The molecule has 0 saturated carbocycles. The van der Waals surface area contributed by atoms with Gasteiger partial charge in [-0.25, -0.2) is 4.98 Å². The molecular weight excluding hydrogens is 672 g/mol. The van der Waals surface area contributed by atoms with Crippen molar-refractivity contribution >= 4 is 35.9 Å². The third kappa shape index (κ3) is 19.8. The SMILES string of the molecule is CCCCn1ccnc1.F[P-](F)(F)(F)(F)F.[Cl][Pd+].c1ccc(P(CCc2ccccn2)c2ccccc2)cc1. The van der Waals surface area contributed by atoms with Crippen molar-refractivity contribution in [2.45, 2.75) is 32.7 Å². The van der Waals surface area contributed by atoms with Crippen LogP contribution in [0.2, 0.25) is 0 Å². The van der Waals surface area contributed by atoms with E-state index in [1.54, 1.807) is 0 Å². The second kappa shape index (κ2) is 16.5. The van der Waals surface area contributed by atoms with Gasteiger partial charge in [0.1, 0.15) is 0 Å². The summed E-state index contributed by atoms with van der Waals surface area (Å²) < 4.78 is 61.3. The van der Waals surface area contributed by atoms with Gasteiger partial charge < -0.3 is 4.57 Å². The van der Waals surface area contributed by atoms with Crippen LogP contribution in [-0.4, -0.2) is 20.7 Å². The molecule has 13 heteroatoms. The molecule has 0 amide bonds. The van der Waals surface area contributed by atoms with Crippen LogP contribution < -0.4 is 10.6 Å². The minimum absolute atomic E-state index is 0.315. The zero-order valence-electron chi connectivity index (χ0n) is 21.0. The van der Waals surface area contributed by atoms with E-state index < -0.39 is 7.81 Å². The molecule has 4 rings (SSSR count). The number of aryl methyl sites for hydroxylation is 2. The third-order valence-electron chi connectivity index (χ3n) is 4.78. The minimum atomic E-state index is -10.7. The van der Waals surface area contributed by atoms with E-state index in [1.165, 1.54) is 29.1 Å². The summed E-state index contributed by atoms with van der Waals surface area (Å²) in [5.74, 6) is 0. The Labute approximate surface area is 241 Å². The number of unbranched alkanes of at least 4 members (excludes halogenated alkanes) is 1. The Kier molecular flexibility index (Phi) is 14.9. The van der Waals surface area contributed by atoms with E-state index in [-0.39, 0.29) is 7.92 Å². The first-order chi connectivity index (χ1) is 18.3. The number of nitrogens with zero attached hydrogens (tertiary/aromatic N) is 3. The Morgan fingerprint density at radius 2 is 1.31 bits per heavy atom. The van der Waals surface area contributed by atoms with Gasteiger partial charge in [0.15, 0.2) is 0 Å². The number of halogens is 7. The van der Waals surface area contributed by atoms with Gasteiger partial charge in [0.2, 0.25) is 0 Å². The van der Waals surface area contributed by atoms with E-state index >= 15 is 0 Å². The summed E-state index contributed by atoms with van der Waals surface area (Å²) in [6.07, 6.45) is 12.2. The summed E-state index contributed by atoms with van der Waals surface area (Å²) >= 11 is 2.22. The molecular formula is C26H30ClF6N3P2Pd. The van der Waals surface area contributed by atoms with Crippen molar-refractivity contribution in [3.8, 4) is 0 Å². The predicted molar refractivity (Wildman–Crippen MR) is 148 cm³/mol. The normalized spacial score (nSPS) is 12.4. The van der Waals surface area contributed by atoms with Crippen LogP contribution in [0.25, 0.3) is 0 Å². The maximum absolute atomic E-state index is 10.7. The van der Waals surface area contributed by atoms with Crippen LogP contribution in [0.1, 0.15) is 25.5 Å². The van der Waals surface area contributed by atoms with Gasteiger partial charge in [0.25, 0.3) is 0 Å². The fourth-order valence-electron chi connectivity index (χ4n) is 3.16. The van der Waals surface area contributed by atoms with Gasteiger partial charge in [-0.2, -0.15) is 0 Å². The number of pyridine rings is 1. The fourth-order valence-corrected chi connectivity index (χ4v) is 5.49. The topological polar surface area (TPSA) is 30.7 Å². The quantitative estimate of drug-likeness (QED) is 0.104. The van der Waals surface area contributed by atoms with Crippen molar-refractivity contribution in [3.05, 3.63) is 109 Å². The van der Waals surface area contributed by atoms with Gasteiger partial charge >= 0.3 is 60.7 Å². The first-order valence-electron chi connectivity index (χ1n) is 11.7. The van der Waals surface area contributed by atoms with Crippen LogP contribution in [0, 0.1) is 0 Å². The standard InChI is InChI=1S/C19H18NP.C7H12N2.ClH.F6P.Pd/c1-3-10-18(11-4-1)21(19-12-5-2-6-13-19)16-14-17-9-7-8-15-20-17;1-2-3-5-9-6-4-8-7-9;;1-7(2,3,4,5)6;/h1-13,15H,14,16H2;4,6-7H,2-3,5H2,1H3;1H;;/q;;;-1;+2/p-1. The van der Waals surface area contributed by atoms with Crippen LogP contribution in [0.15, 0.2) is 104 Å². The number of hydrogen-bond donors (Lipinski definition) is 0. The van der Waals surface area contributed by atoms with E-state index in [9.17, 15) is 25.2 Å². The molecule has 0 aliphatic rings. The largest absolute Gasteiger partial charge is 0.261 e. The Bertz CT molecular complexity index is 1110. The van der Waals surface area contributed by atoms with E-state index in [1.807, 2.05) is 31.0 Å². The van der Waals surface area contributed by atoms with Gasteiger partial charge in [-0.15, -0.1) is 0 Å². The second-order valence-electron chi connectivity index (χ2n) is 8.01. The molecule has 39 heavy (non-hydrogen) atoms. The molecule has 0 spiro atoms. The summed E-state index contributed by atoms with van der Waals surface area (Å²) in [7, 11) is -6.48. The molecule has 0 bridgehead atoms. The molecule has 0 saturated heterocycles. The molecule has 2 aromatic carbocycles. The fraction of sp³-hybridized carbons (Fsp3) is 0.231. The smallest absolute Gasteiger partial charge is 0.0407 e. The van der Waals surface area contributed by atoms with Gasteiger partial charge in [-0.3, -0.25) is 4.98 Å². The molecule has 0 aliphatic carbocycles. The Balaban J connectivity index is 0.000000349. The summed E-state index contributed by atoms with van der Waals surface area (Å²) in [5, 5.41) is 2.88. The number of hydrogen-bond acceptors (Lipinski definition) is 2. The zero-order chi connectivity index (χ0) is 29.3. The molecule has 0 aliphatic heterocycles. The Hall–Kier alpha value is -1.81. The van der Waals surface area contributed by atoms with Crippen molar-refractivity contribution in [1.82, 2.24) is 14.5 Å². The van der Waals surface area contributed by atoms with Crippen LogP contribution in [-0.2, 0) is 31.1 Å². The van der Waals surface area contributed by atoms with Gasteiger partial charge in [0, 0.05) is 30.8 Å². The molecule has 0 fully saturated rings. The molecule has 3 nitrogen and oxygen atoms in total. The van der Waals surface area contributed by atoms with E-state index in [4.69, 9.17) is 0 Å². The van der Waals surface area contributed by atoms with Crippen molar-refractivity contribution in [3.63, 3.8) is 0 Å². The maximum atomic E-state index is 9.87. The summed E-state index contributed by atoms with van der Waals surface area (Å²) in [5.41, 5.74) is 1.18. The molecule has 0 atom stereocenters. The molecule has 2 heterocycles. The molecule has 2 aromatic heterocycles. The molecule has 4 aromatic rings. The van der Waals surface area contributed by atoms with Gasteiger partial charge in [-0.05, 0) is 49.7 Å². The van der Waals surface area contributed by atoms with Crippen LogP contribution >= 0.6 is 25.3 Å². The van der Waals surface area contributed by atoms with Gasteiger partial charge in [-0.1, -0.05) is 80.1 Å². The summed E-state index contributed by atoms with van der Waals surface area (Å²) in [6.45, 7) is 3.30. The molecule has 218 valence electrons. The van der Waals surface area contributed by atoms with E-state index in [0.717, 1.165) is 19.1 Å². The van der Waals surface area contributed by atoms with Crippen LogP contribution in [0.5, 0.6) is 0 Å². The van der Waals surface area contributed by atoms with Crippen molar-refractivity contribution in [2.75, 3.05) is 6.16 Å². The first-order valence-corrected chi connectivity index (χ1v) is 17.3. The van der Waals surface area contributed by atoms with E-state index in [2.05, 4.69) is 122 Å². The summed E-state index contributed by atoms with van der Waals surface area (Å²) in [6, 6.07) is 27.8. The first kappa shape index (κ1) is 35.2. The minimum Gasteiger partial charge on any atom is -0.261 e. The van der Waals surface area contributed by atoms with Gasteiger partial charge in [0.05, 0.1) is 6.33 Å². The van der Waals surface area contributed by atoms with Crippen molar-refractivity contribution in [2.24, 2.45) is 0 Å². The average molecular weight is 702 g/mol. The summed E-state index contributed by atoms with van der Waals surface area (Å²) in [4.78, 5) is 8.39. The van der Waals surface area contributed by atoms with Crippen LogP contribution in [0.3, 0.4) is 0 Å². The van der Waals surface area contributed by atoms with E-state index in [0.29, 0.717) is 0 Å². The van der Waals surface area contributed by atoms with Crippen LogP contribution in [0.4, 0.5) is 25.2 Å². The second-order valence-corrected chi connectivity index (χ2v) is 12.3. The van der Waals surface area contributed by atoms with Crippen molar-refractivity contribution in [1.29, 1.82) is 0 Å². The maximum Gasteiger partial charge on any atom is 0.0407 e. The third-order valence-corrected chi connectivity index (χ3v) is 7.30. The molecule has 0 radical (unpaired) electrons. The Morgan fingerprint density at radius 1 is 0.795 bits per heavy atom. The molecule has 0 unspecified atom stereocenters. The zero-order valence-corrected chi connectivity index (χ0v) is 25.1. The van der Waals surface area contributed by atoms with Crippen molar-refractivity contribution < 1.29 is 43.4 Å². The monoisotopic (exact) mass is 701 g/mol.